The van der Waals surface area contributed by atoms with Crippen molar-refractivity contribution in [3.05, 3.63) is 36.3 Å². The third-order valence-corrected chi connectivity index (χ3v) is 2.91. The standard InChI is InChI=1S/C14H21IO3/c1-10(2)13(11-6-7-16-9-11)17-12(8-15)18-14(3,4)5/h6-7,9,12-13H,1,8H2,2-5H3/t12?,13-/m1/s1. The Hall–Kier alpha value is -0.330. The Morgan fingerprint density at radius 2 is 2.17 bits per heavy atom. The quantitative estimate of drug-likeness (QED) is 0.323. The monoisotopic (exact) mass is 364 g/mol. The first-order valence-corrected chi connectivity index (χ1v) is 7.43. The average molecular weight is 364 g/mol. The molecule has 4 heteroatoms. The van der Waals surface area contributed by atoms with Crippen molar-refractivity contribution in [2.45, 2.75) is 45.7 Å². The molecule has 0 fully saturated rings. The van der Waals surface area contributed by atoms with Crippen LogP contribution in [0.1, 0.15) is 39.4 Å². The average Bonchev–Trinajstić information content (AvgIpc) is 2.74. The van der Waals surface area contributed by atoms with E-state index in [1.807, 2.05) is 33.8 Å². The van der Waals surface area contributed by atoms with Gasteiger partial charge in [0.1, 0.15) is 6.10 Å². The Morgan fingerprint density at radius 3 is 2.56 bits per heavy atom. The summed E-state index contributed by atoms with van der Waals surface area (Å²) >= 11 is 2.26. The molecule has 0 radical (unpaired) electrons. The molecule has 0 saturated heterocycles. The van der Waals surface area contributed by atoms with Gasteiger partial charge >= 0.3 is 0 Å². The topological polar surface area (TPSA) is 31.6 Å². The maximum atomic E-state index is 5.99. The lowest BCUT2D eigenvalue weighted by molar-refractivity contribution is -0.197. The smallest absolute Gasteiger partial charge is 0.168 e. The molecule has 102 valence electrons. The predicted molar refractivity (Wildman–Crippen MR) is 80.9 cm³/mol. The molecule has 0 spiro atoms. The summed E-state index contributed by atoms with van der Waals surface area (Å²) in [5.41, 5.74) is 1.67. The Morgan fingerprint density at radius 1 is 1.50 bits per heavy atom. The zero-order chi connectivity index (χ0) is 13.8. The summed E-state index contributed by atoms with van der Waals surface area (Å²) < 4.78 is 17.7. The van der Waals surface area contributed by atoms with Gasteiger partial charge in [-0.2, -0.15) is 0 Å². The molecule has 3 nitrogen and oxygen atoms in total. The van der Waals surface area contributed by atoms with Crippen LogP contribution in [-0.2, 0) is 9.47 Å². The first kappa shape index (κ1) is 15.7. The number of rotatable bonds is 6. The molecule has 0 bridgehead atoms. The van der Waals surface area contributed by atoms with Gasteiger partial charge in [0.15, 0.2) is 6.29 Å². The van der Waals surface area contributed by atoms with Crippen LogP contribution in [0.25, 0.3) is 0 Å². The number of halogens is 1. The highest BCUT2D eigenvalue weighted by Gasteiger charge is 2.24. The van der Waals surface area contributed by atoms with Crippen molar-refractivity contribution in [1.82, 2.24) is 0 Å². The van der Waals surface area contributed by atoms with Crippen LogP contribution in [0.2, 0.25) is 0 Å². The third-order valence-electron chi connectivity index (χ3n) is 2.19. The Balaban J connectivity index is 2.74. The van der Waals surface area contributed by atoms with E-state index in [2.05, 4.69) is 29.2 Å². The fraction of sp³-hybridized carbons (Fsp3) is 0.571. The molecule has 18 heavy (non-hydrogen) atoms. The number of hydrogen-bond donors (Lipinski definition) is 0. The van der Waals surface area contributed by atoms with Crippen molar-refractivity contribution in [2.24, 2.45) is 0 Å². The minimum absolute atomic E-state index is 0.189. The summed E-state index contributed by atoms with van der Waals surface area (Å²) in [6, 6.07) is 1.89. The molecule has 0 aliphatic rings. The van der Waals surface area contributed by atoms with Crippen LogP contribution in [0, 0.1) is 0 Å². The van der Waals surface area contributed by atoms with Gasteiger partial charge in [-0.3, -0.25) is 0 Å². The minimum atomic E-state index is -0.262. The SMILES string of the molecule is C=C(C)[C@@H](OC(CI)OC(C)(C)C)c1ccoc1. The van der Waals surface area contributed by atoms with E-state index in [1.54, 1.807) is 12.5 Å². The highest BCUT2D eigenvalue weighted by molar-refractivity contribution is 14.1. The molecule has 0 N–H and O–H groups in total. The zero-order valence-electron chi connectivity index (χ0n) is 11.4. The summed E-state index contributed by atoms with van der Waals surface area (Å²) in [6.07, 6.45) is 2.87. The van der Waals surface area contributed by atoms with Crippen molar-refractivity contribution < 1.29 is 13.9 Å². The molecule has 1 aromatic rings. The molecule has 1 unspecified atom stereocenters. The van der Waals surface area contributed by atoms with Gasteiger partial charge in [-0.15, -0.1) is 0 Å². The lowest BCUT2D eigenvalue weighted by Gasteiger charge is -2.29. The summed E-state index contributed by atoms with van der Waals surface area (Å²) in [4.78, 5) is 0. The highest BCUT2D eigenvalue weighted by atomic mass is 127. The molecule has 0 amide bonds. The van der Waals surface area contributed by atoms with Gasteiger partial charge in [0.25, 0.3) is 0 Å². The van der Waals surface area contributed by atoms with Crippen molar-refractivity contribution in [3.8, 4) is 0 Å². The van der Waals surface area contributed by atoms with Gasteiger partial charge in [0, 0.05) is 5.56 Å². The summed E-state index contributed by atoms with van der Waals surface area (Å²) in [6.45, 7) is 12.0. The van der Waals surface area contributed by atoms with Gasteiger partial charge in [0.2, 0.25) is 0 Å². The normalized spacial score (nSPS) is 15.4. The largest absolute Gasteiger partial charge is 0.472 e. The molecule has 1 aromatic heterocycles. The lowest BCUT2D eigenvalue weighted by Crippen LogP contribution is -2.31. The molecule has 0 aromatic carbocycles. The van der Waals surface area contributed by atoms with Crippen LogP contribution in [0.15, 0.2) is 35.2 Å². The van der Waals surface area contributed by atoms with Gasteiger partial charge < -0.3 is 13.9 Å². The van der Waals surface area contributed by atoms with Crippen molar-refractivity contribution in [3.63, 3.8) is 0 Å². The van der Waals surface area contributed by atoms with E-state index in [4.69, 9.17) is 13.9 Å². The number of furan rings is 1. The van der Waals surface area contributed by atoms with E-state index >= 15 is 0 Å². The van der Waals surface area contributed by atoms with Gasteiger partial charge in [0.05, 0.1) is 22.6 Å². The second-order valence-corrected chi connectivity index (χ2v) is 6.11. The molecular formula is C14H21IO3. The summed E-state index contributed by atoms with van der Waals surface area (Å²) in [7, 11) is 0. The Labute approximate surface area is 123 Å². The van der Waals surface area contributed by atoms with Crippen LogP contribution >= 0.6 is 22.6 Å². The van der Waals surface area contributed by atoms with Crippen molar-refractivity contribution >= 4 is 22.6 Å². The number of ether oxygens (including phenoxy) is 2. The molecule has 0 aliphatic carbocycles. The fourth-order valence-corrected chi connectivity index (χ4v) is 1.93. The molecule has 0 saturated carbocycles. The maximum absolute atomic E-state index is 5.99. The molecule has 1 heterocycles. The molecular weight excluding hydrogens is 343 g/mol. The lowest BCUT2D eigenvalue weighted by atomic mass is 10.1. The Bertz CT molecular complexity index is 365. The second-order valence-electron chi connectivity index (χ2n) is 5.23. The first-order chi connectivity index (χ1) is 8.33. The van der Waals surface area contributed by atoms with Crippen LogP contribution in [0.4, 0.5) is 0 Å². The molecule has 0 aliphatic heterocycles. The first-order valence-electron chi connectivity index (χ1n) is 5.90. The van der Waals surface area contributed by atoms with E-state index < -0.39 is 0 Å². The molecule has 2 atom stereocenters. The summed E-state index contributed by atoms with van der Waals surface area (Å²) in [5, 5.41) is 0. The van der Waals surface area contributed by atoms with Crippen LogP contribution in [0.3, 0.4) is 0 Å². The summed E-state index contributed by atoms with van der Waals surface area (Å²) in [5.74, 6) is 0. The van der Waals surface area contributed by atoms with E-state index in [-0.39, 0.29) is 18.0 Å². The number of hydrogen-bond acceptors (Lipinski definition) is 3. The zero-order valence-corrected chi connectivity index (χ0v) is 13.6. The maximum Gasteiger partial charge on any atom is 0.168 e. The van der Waals surface area contributed by atoms with E-state index in [0.29, 0.717) is 0 Å². The van der Waals surface area contributed by atoms with Crippen molar-refractivity contribution in [2.75, 3.05) is 4.43 Å². The Kier molecular flexibility index (Phi) is 5.88. The number of alkyl halides is 1. The second kappa shape index (κ2) is 6.73. The van der Waals surface area contributed by atoms with Crippen LogP contribution in [0.5, 0.6) is 0 Å². The van der Waals surface area contributed by atoms with Crippen molar-refractivity contribution in [1.29, 1.82) is 0 Å². The van der Waals surface area contributed by atoms with E-state index in [0.717, 1.165) is 15.6 Å². The third kappa shape index (κ3) is 5.12. The minimum Gasteiger partial charge on any atom is -0.472 e. The van der Waals surface area contributed by atoms with Crippen LogP contribution in [-0.4, -0.2) is 16.3 Å². The van der Waals surface area contributed by atoms with Gasteiger partial charge in [-0.05, 0) is 39.3 Å². The van der Waals surface area contributed by atoms with Crippen LogP contribution < -0.4 is 0 Å². The van der Waals surface area contributed by atoms with Gasteiger partial charge in [-0.25, -0.2) is 0 Å². The highest BCUT2D eigenvalue weighted by Crippen LogP contribution is 2.28. The van der Waals surface area contributed by atoms with Gasteiger partial charge in [-0.1, -0.05) is 29.2 Å². The predicted octanol–water partition coefficient (Wildman–Crippen LogP) is 4.49. The van der Waals surface area contributed by atoms with E-state index in [9.17, 15) is 0 Å². The van der Waals surface area contributed by atoms with E-state index in [1.165, 1.54) is 0 Å². The fourth-order valence-electron chi connectivity index (χ4n) is 1.55. The molecule has 1 rings (SSSR count).